The van der Waals surface area contributed by atoms with Crippen molar-refractivity contribution in [1.82, 2.24) is 0 Å². The number of rotatable bonds is 5. The second-order valence-corrected chi connectivity index (χ2v) is 11.4. The summed E-state index contributed by atoms with van der Waals surface area (Å²) in [6.07, 6.45) is 1.58. The first-order valence-corrected chi connectivity index (χ1v) is 9.75. The number of nitrogens with zero attached hydrogens (tertiary/aromatic N) is 1. The molecule has 6 heteroatoms. The van der Waals surface area contributed by atoms with E-state index in [-0.39, 0.29) is 30.0 Å². The Morgan fingerprint density at radius 2 is 2.15 bits per heavy atom. The summed E-state index contributed by atoms with van der Waals surface area (Å²) in [6, 6.07) is 0. The van der Waals surface area contributed by atoms with Crippen LogP contribution in [-0.4, -0.2) is 44.0 Å². The number of hydrogen-bond acceptors (Lipinski definition) is 4. The average molecular weight is 299 g/mol. The summed E-state index contributed by atoms with van der Waals surface area (Å²) < 4.78 is 11.8. The number of carbonyl (C=O) groups is 1. The van der Waals surface area contributed by atoms with Gasteiger partial charge in [0.15, 0.2) is 14.9 Å². The molecule has 0 N–H and O–H groups in total. The van der Waals surface area contributed by atoms with E-state index in [0.717, 1.165) is 0 Å². The Hall–Kier alpha value is -1.14. The summed E-state index contributed by atoms with van der Waals surface area (Å²) in [5.41, 5.74) is 0.149. The number of ether oxygens (including phenoxy) is 1. The van der Waals surface area contributed by atoms with Crippen LogP contribution in [0.4, 0.5) is 0 Å². The van der Waals surface area contributed by atoms with Crippen LogP contribution in [0.25, 0.3) is 0 Å². The zero-order chi connectivity index (χ0) is 15.6. The van der Waals surface area contributed by atoms with Gasteiger partial charge in [-0.25, -0.2) is 9.53 Å². The average Bonchev–Trinajstić information content (AvgIpc) is 2.64. The van der Waals surface area contributed by atoms with E-state index >= 15 is 0 Å². The topological polar surface area (TPSA) is 61.6 Å². The zero-order valence-electron chi connectivity index (χ0n) is 13.1. The molecule has 20 heavy (non-hydrogen) atoms. The summed E-state index contributed by atoms with van der Waals surface area (Å²) in [5.74, 6) is -0.568. The summed E-state index contributed by atoms with van der Waals surface area (Å²) >= 11 is 0. The molecule has 1 aliphatic heterocycles. The molecule has 0 aromatic carbocycles. The van der Waals surface area contributed by atoms with Gasteiger partial charge in [-0.1, -0.05) is 33.4 Å². The Balaban J connectivity index is 2.65. The third kappa shape index (κ3) is 3.93. The van der Waals surface area contributed by atoms with Gasteiger partial charge in [0.2, 0.25) is 0 Å². The smallest absolute Gasteiger partial charge is 0.400 e. The fraction of sp³-hybridized carbons (Fsp3) is 0.714. The minimum Gasteiger partial charge on any atom is -0.623 e. The molecule has 0 spiro atoms. The van der Waals surface area contributed by atoms with Crippen molar-refractivity contribution >= 4 is 20.0 Å². The lowest BCUT2D eigenvalue weighted by atomic mass is 10.2. The van der Waals surface area contributed by atoms with Crippen LogP contribution in [0.5, 0.6) is 0 Å². The van der Waals surface area contributed by atoms with E-state index in [2.05, 4.69) is 40.4 Å². The maximum absolute atomic E-state index is 11.8. The van der Waals surface area contributed by atoms with Gasteiger partial charge in [-0.15, -0.1) is 0 Å². The maximum Gasteiger partial charge on any atom is 0.400 e. The van der Waals surface area contributed by atoms with Crippen LogP contribution < -0.4 is 0 Å². The number of hydrogen-bond donors (Lipinski definition) is 0. The molecule has 0 radical (unpaired) electrons. The lowest BCUT2D eigenvalue weighted by Crippen LogP contribution is -2.44. The van der Waals surface area contributed by atoms with Gasteiger partial charge in [-0.2, -0.15) is 0 Å². The molecule has 1 atom stereocenters. The first kappa shape index (κ1) is 16.9. The molecule has 0 unspecified atom stereocenters. The van der Waals surface area contributed by atoms with Gasteiger partial charge in [0.25, 0.3) is 5.71 Å². The number of esters is 1. The van der Waals surface area contributed by atoms with Crippen molar-refractivity contribution in [3.05, 3.63) is 17.9 Å². The Labute approximate surface area is 122 Å². The van der Waals surface area contributed by atoms with Gasteiger partial charge in [0, 0.05) is 0 Å². The van der Waals surface area contributed by atoms with E-state index in [1.807, 2.05) is 0 Å². The van der Waals surface area contributed by atoms with Crippen LogP contribution in [0.3, 0.4) is 0 Å². The Morgan fingerprint density at radius 3 is 2.65 bits per heavy atom. The first-order chi connectivity index (χ1) is 9.08. The van der Waals surface area contributed by atoms with E-state index in [4.69, 9.17) is 9.16 Å². The molecule has 1 heterocycles. The van der Waals surface area contributed by atoms with Crippen molar-refractivity contribution in [2.24, 2.45) is 0 Å². The molecule has 0 bridgehead atoms. The highest BCUT2D eigenvalue weighted by atomic mass is 28.4. The molecule has 0 aromatic rings. The molecule has 5 nitrogen and oxygen atoms in total. The minimum atomic E-state index is -1.94. The Morgan fingerprint density at radius 1 is 1.55 bits per heavy atom. The third-order valence-electron chi connectivity index (χ3n) is 3.93. The predicted molar refractivity (Wildman–Crippen MR) is 81.3 cm³/mol. The van der Waals surface area contributed by atoms with Crippen LogP contribution in [0, 0.1) is 5.21 Å². The SMILES string of the molecule is C=CCOC(=O)C1=[N+]([O-])C[C@H](O[Si](C)(C)C(C)(C)C)C1. The lowest BCUT2D eigenvalue weighted by Gasteiger charge is -2.37. The normalized spacial score (nSPS) is 20.1. The Kier molecular flexibility index (Phi) is 5.15. The molecule has 0 aliphatic carbocycles. The number of hydroxylamine groups is 1. The number of carbonyl (C=O) groups excluding carboxylic acids is 1. The van der Waals surface area contributed by atoms with E-state index in [0.29, 0.717) is 11.2 Å². The quantitative estimate of drug-likeness (QED) is 0.257. The molecule has 0 aromatic heterocycles. The van der Waals surface area contributed by atoms with Crippen LogP contribution in [0.15, 0.2) is 12.7 Å². The standard InChI is InChI=1S/C14H25NO4Si/c1-7-8-18-13(16)12-9-11(10-15(12)17)19-20(5,6)14(2,3)4/h7,11H,1,8-10H2,2-6H3/t11-/m1/s1. The predicted octanol–water partition coefficient (Wildman–Crippen LogP) is 2.46. The fourth-order valence-electron chi connectivity index (χ4n) is 1.75. The second-order valence-electron chi connectivity index (χ2n) is 6.60. The third-order valence-corrected chi connectivity index (χ3v) is 8.46. The van der Waals surface area contributed by atoms with Crippen molar-refractivity contribution in [2.45, 2.75) is 51.4 Å². The fourth-order valence-corrected chi connectivity index (χ4v) is 3.10. The zero-order valence-corrected chi connectivity index (χ0v) is 14.1. The van der Waals surface area contributed by atoms with Gasteiger partial charge in [-0.05, 0) is 18.1 Å². The van der Waals surface area contributed by atoms with E-state index in [9.17, 15) is 10.0 Å². The van der Waals surface area contributed by atoms with Crippen molar-refractivity contribution in [3.63, 3.8) is 0 Å². The molecular formula is C14H25NO4Si. The van der Waals surface area contributed by atoms with Crippen LogP contribution in [0.2, 0.25) is 18.1 Å². The molecule has 1 aliphatic rings. The molecule has 0 saturated carbocycles. The maximum atomic E-state index is 11.8. The second kappa shape index (κ2) is 6.09. The summed E-state index contributed by atoms with van der Waals surface area (Å²) in [5, 5.41) is 11.9. The Bertz CT molecular complexity index is 423. The van der Waals surface area contributed by atoms with Crippen molar-refractivity contribution in [1.29, 1.82) is 0 Å². The summed E-state index contributed by atoms with van der Waals surface area (Å²) in [6.45, 7) is 14.5. The van der Waals surface area contributed by atoms with Gasteiger partial charge in [0.05, 0.1) is 6.42 Å². The van der Waals surface area contributed by atoms with Crippen molar-refractivity contribution in [2.75, 3.05) is 13.2 Å². The highest BCUT2D eigenvalue weighted by Crippen LogP contribution is 2.38. The van der Waals surface area contributed by atoms with E-state index in [1.165, 1.54) is 6.08 Å². The molecule has 114 valence electrons. The van der Waals surface area contributed by atoms with Crippen molar-refractivity contribution < 1.29 is 18.7 Å². The van der Waals surface area contributed by atoms with Crippen LogP contribution in [-0.2, 0) is 14.0 Å². The monoisotopic (exact) mass is 299 g/mol. The molecule has 0 saturated heterocycles. The molecule has 0 amide bonds. The van der Waals surface area contributed by atoms with Crippen LogP contribution >= 0.6 is 0 Å². The summed E-state index contributed by atoms with van der Waals surface area (Å²) in [7, 11) is -1.94. The summed E-state index contributed by atoms with van der Waals surface area (Å²) in [4.78, 5) is 11.7. The van der Waals surface area contributed by atoms with E-state index < -0.39 is 14.3 Å². The van der Waals surface area contributed by atoms with E-state index in [1.54, 1.807) is 0 Å². The molecule has 0 fully saturated rings. The van der Waals surface area contributed by atoms with Gasteiger partial charge >= 0.3 is 5.97 Å². The lowest BCUT2D eigenvalue weighted by molar-refractivity contribution is -0.455. The van der Waals surface area contributed by atoms with Gasteiger partial charge in [0.1, 0.15) is 12.7 Å². The molecular weight excluding hydrogens is 274 g/mol. The highest BCUT2D eigenvalue weighted by molar-refractivity contribution is 6.74. The van der Waals surface area contributed by atoms with Crippen molar-refractivity contribution in [3.8, 4) is 0 Å². The first-order valence-electron chi connectivity index (χ1n) is 6.85. The minimum absolute atomic E-state index is 0.0762. The van der Waals surface area contributed by atoms with Gasteiger partial charge < -0.3 is 14.4 Å². The molecule has 1 rings (SSSR count). The highest BCUT2D eigenvalue weighted by Gasteiger charge is 2.43. The largest absolute Gasteiger partial charge is 0.623 e. The van der Waals surface area contributed by atoms with Gasteiger partial charge in [-0.3, -0.25) is 0 Å². The van der Waals surface area contributed by atoms with Crippen LogP contribution in [0.1, 0.15) is 27.2 Å².